The summed E-state index contributed by atoms with van der Waals surface area (Å²) in [6.07, 6.45) is -0.345. The first kappa shape index (κ1) is 62.7. The van der Waals surface area contributed by atoms with Gasteiger partial charge in [0.1, 0.15) is 60.4 Å². The summed E-state index contributed by atoms with van der Waals surface area (Å²) in [7, 11) is -28.3. The Kier molecular flexibility index (Phi) is 17.4. The van der Waals surface area contributed by atoms with E-state index in [-0.39, 0.29) is 108 Å². The number of pyridine rings is 1. The van der Waals surface area contributed by atoms with E-state index in [0.29, 0.717) is 34.6 Å². The summed E-state index contributed by atoms with van der Waals surface area (Å²) in [6, 6.07) is 11.7. The number of azo groups is 3. The minimum atomic E-state index is -5.33. The maximum absolute atomic E-state index is 12.6. The Morgan fingerprint density at radius 1 is 0.643 bits per heavy atom. The number of ether oxygens (including phenoxy) is 2. The van der Waals surface area contributed by atoms with Gasteiger partial charge in [0.15, 0.2) is 11.3 Å². The molecule has 444 valence electrons. The number of fused-ring (bicyclic) bond motifs is 6. The number of rotatable bonds is 21. The topological polar surface area (TPSA) is 493 Å². The van der Waals surface area contributed by atoms with Gasteiger partial charge in [-0.2, -0.15) is 60.9 Å². The zero-order valence-corrected chi connectivity index (χ0v) is 49.6. The first-order valence-electron chi connectivity index (χ1n) is 23.1. The van der Waals surface area contributed by atoms with Gasteiger partial charge in [-0.15, -0.1) is 37.3 Å². The van der Waals surface area contributed by atoms with Gasteiger partial charge in [0, 0.05) is 33.4 Å². The van der Waals surface area contributed by atoms with Crippen molar-refractivity contribution in [3.05, 3.63) is 76.9 Å². The predicted octanol–water partition coefficient (Wildman–Crippen LogP) is 9.02. The zero-order valence-electron chi connectivity index (χ0n) is 43.0. The number of aromatic hydroxyl groups is 1. The average molecular weight is 1310 g/mol. The molecule has 0 aliphatic rings. The number of nitriles is 1. The van der Waals surface area contributed by atoms with Crippen molar-refractivity contribution in [1.82, 2.24) is 14.4 Å². The molecule has 0 fully saturated rings. The van der Waals surface area contributed by atoms with Crippen LogP contribution < -0.4 is 9.47 Å². The van der Waals surface area contributed by atoms with Gasteiger partial charge < -0.3 is 14.6 Å². The molecule has 39 heteroatoms. The molecule has 31 nitrogen and oxygen atoms in total. The van der Waals surface area contributed by atoms with E-state index < -0.39 is 114 Å². The average Bonchev–Trinajstić information content (AvgIpc) is 1.99. The number of aromatic nitrogens is 3. The second kappa shape index (κ2) is 23.3. The van der Waals surface area contributed by atoms with E-state index in [4.69, 9.17) is 9.47 Å². The lowest BCUT2D eigenvalue weighted by Crippen LogP contribution is -2.08. The van der Waals surface area contributed by atoms with Crippen LogP contribution in [0.4, 0.5) is 33.6 Å². The van der Waals surface area contributed by atoms with Crippen LogP contribution >= 0.6 is 23.1 Å². The molecule has 3 aromatic heterocycles. The second-order valence-corrected chi connectivity index (χ2v) is 28.7. The first-order chi connectivity index (χ1) is 39.0. The summed E-state index contributed by atoms with van der Waals surface area (Å²) in [6.45, 7) is 4.14. The third-order valence-corrected chi connectivity index (χ3v) is 19.1. The SMILES string of the molecule is COc1cc(N=Nc2cc(OCCCS(=O)(=O)O)c(N=Nc3c(C)c(C#N)c4nc5cc(C)cc(S(=O)(=O)O)c5n4c3O)cc2C)c(SCCCS(=O)(=O)O)cc1N=Nc1nc2c(S(=O)(=O)O)cc3c(S(=O)(=O)O)cc(S(=O)(=O)O)cc3c2s1. The maximum atomic E-state index is 12.6. The van der Waals surface area contributed by atoms with Crippen molar-refractivity contribution < 1.29 is 92.4 Å². The van der Waals surface area contributed by atoms with E-state index in [1.165, 1.54) is 51.3 Å². The largest absolute Gasteiger partial charge is 0.494 e. The molecule has 3 heterocycles. The van der Waals surface area contributed by atoms with Crippen LogP contribution in [0.3, 0.4) is 0 Å². The fourth-order valence-electron chi connectivity index (χ4n) is 8.18. The van der Waals surface area contributed by atoms with Crippen molar-refractivity contribution in [2.45, 2.75) is 58.1 Å². The lowest BCUT2D eigenvalue weighted by molar-refractivity contribution is 0.317. The molecule has 8 rings (SSSR count). The smallest absolute Gasteiger partial charge is 0.296 e. The Bertz CT molecular complexity index is 4970. The van der Waals surface area contributed by atoms with Crippen LogP contribution in [0.2, 0.25) is 0 Å². The number of hydrogen-bond acceptors (Lipinski definition) is 26. The molecule has 0 saturated carbocycles. The molecule has 7 N–H and O–H groups in total. The summed E-state index contributed by atoms with van der Waals surface area (Å²) in [4.78, 5) is 4.89. The van der Waals surface area contributed by atoms with Crippen molar-refractivity contribution in [2.75, 3.05) is 31.0 Å². The molecule has 8 aromatic rings. The van der Waals surface area contributed by atoms with Crippen LogP contribution in [0.5, 0.6) is 17.4 Å². The van der Waals surface area contributed by atoms with Crippen molar-refractivity contribution >= 4 is 155 Å². The molecule has 0 aliphatic heterocycles. The standard InChI is InChI=1S/C45H40N10O21S8/c1-21-11-32-41(38(12-21)84(72,73)74)55-43(47-32)27(20-46)23(3)39(44(55)56)53-50-29-13-22(2)28(17-34(29)76-7-5-9-79(57,58)59)49-52-31-18-33(75-4)30(19-35(31)77-8-6-10-80(60,61)62)51-54-45-48-40-37(83(69,70)71)16-25-26(42(40)78-45)14-24(81(63,64)65)15-36(25)82(66,67)68/h11-19,56H,5-10H2,1-4H3,(H,57,58,59)(H,60,61,62)(H,63,64,65)(H,66,67,68)(H,69,70,71)(H,72,73,74). The van der Waals surface area contributed by atoms with Gasteiger partial charge in [-0.3, -0.25) is 31.7 Å². The summed E-state index contributed by atoms with van der Waals surface area (Å²) >= 11 is 1.50. The van der Waals surface area contributed by atoms with Gasteiger partial charge in [0.25, 0.3) is 60.7 Å². The van der Waals surface area contributed by atoms with Crippen molar-refractivity contribution in [3.63, 3.8) is 0 Å². The Morgan fingerprint density at radius 2 is 1.25 bits per heavy atom. The lowest BCUT2D eigenvalue weighted by atomic mass is 10.1. The summed E-state index contributed by atoms with van der Waals surface area (Å²) in [5, 5.41) is 46.1. The maximum Gasteiger partial charge on any atom is 0.296 e. The molecule has 84 heavy (non-hydrogen) atoms. The number of benzene rings is 5. The molecule has 0 amide bonds. The van der Waals surface area contributed by atoms with Gasteiger partial charge in [0.05, 0.1) is 51.5 Å². The molecule has 0 spiro atoms. The van der Waals surface area contributed by atoms with E-state index in [2.05, 4.69) is 40.7 Å². The van der Waals surface area contributed by atoms with Gasteiger partial charge >= 0.3 is 0 Å². The zero-order chi connectivity index (χ0) is 61.8. The van der Waals surface area contributed by atoms with Gasteiger partial charge in [0.2, 0.25) is 11.0 Å². The van der Waals surface area contributed by atoms with Crippen molar-refractivity contribution in [1.29, 1.82) is 5.26 Å². The van der Waals surface area contributed by atoms with E-state index in [1.807, 2.05) is 6.07 Å². The summed E-state index contributed by atoms with van der Waals surface area (Å²) < 4.78 is 217. The van der Waals surface area contributed by atoms with E-state index in [0.717, 1.165) is 28.3 Å². The van der Waals surface area contributed by atoms with Crippen molar-refractivity contribution in [3.8, 4) is 23.4 Å². The number of methoxy groups -OCH3 is 1. The monoisotopic (exact) mass is 1310 g/mol. The second-order valence-electron chi connectivity index (χ2n) is 17.8. The van der Waals surface area contributed by atoms with Gasteiger partial charge in [-0.1, -0.05) is 11.3 Å². The third-order valence-electron chi connectivity index (χ3n) is 11.9. The normalized spacial score (nSPS) is 13.2. The number of thiazole rings is 1. The number of hydrogen-bond donors (Lipinski definition) is 7. The fourth-order valence-corrected chi connectivity index (χ4v) is 14.1. The van der Waals surface area contributed by atoms with E-state index in [1.54, 1.807) is 6.92 Å². The van der Waals surface area contributed by atoms with E-state index in [9.17, 15) is 88.2 Å². The number of nitrogens with zero attached hydrogens (tertiary/aromatic N) is 10. The van der Waals surface area contributed by atoms with Crippen LogP contribution in [0, 0.1) is 32.1 Å². The van der Waals surface area contributed by atoms with Gasteiger partial charge in [-0.05, 0) is 93.0 Å². The minimum Gasteiger partial charge on any atom is -0.494 e. The molecule has 0 radical (unpaired) electrons. The summed E-state index contributed by atoms with van der Waals surface area (Å²) in [5.74, 6) is -2.30. The molecule has 0 bridgehead atoms. The molecule has 0 aliphatic carbocycles. The Balaban J connectivity index is 1.22. The lowest BCUT2D eigenvalue weighted by Gasteiger charge is -2.12. The molecule has 0 saturated heterocycles. The highest BCUT2D eigenvalue weighted by Crippen LogP contribution is 2.46. The molecule has 5 aromatic carbocycles. The molecular weight excluding hydrogens is 1270 g/mol. The number of imidazole rings is 1. The third kappa shape index (κ3) is 13.8. The number of aryl methyl sites for hydroxylation is 2. The number of thioether (sulfide) groups is 1. The van der Waals surface area contributed by atoms with E-state index >= 15 is 0 Å². The highest BCUT2D eigenvalue weighted by Gasteiger charge is 2.29. The highest BCUT2D eigenvalue weighted by atomic mass is 32.2. The Hall–Kier alpha value is -7.30. The Morgan fingerprint density at radius 3 is 1.87 bits per heavy atom. The van der Waals surface area contributed by atoms with Crippen LogP contribution in [0.25, 0.3) is 37.7 Å². The van der Waals surface area contributed by atoms with Crippen molar-refractivity contribution in [2.24, 2.45) is 30.7 Å². The minimum absolute atomic E-state index is 0.00326. The van der Waals surface area contributed by atoms with Gasteiger partial charge in [-0.25, -0.2) is 9.97 Å². The summed E-state index contributed by atoms with van der Waals surface area (Å²) in [5.41, 5.74) is -0.904. The molecular formula is C45H40N10O21S8. The van der Waals surface area contributed by atoms with Crippen LogP contribution in [-0.4, -0.2) is 128 Å². The quantitative estimate of drug-likeness (QED) is 0.0153. The van der Waals surface area contributed by atoms with Crippen LogP contribution in [0.15, 0.2) is 110 Å². The molecule has 0 atom stereocenters. The van der Waals surface area contributed by atoms with Crippen LogP contribution in [0.1, 0.15) is 35.1 Å². The first-order valence-corrected chi connectivity index (χ1v) is 33.9. The highest BCUT2D eigenvalue weighted by molar-refractivity contribution is 7.99. The molecule has 0 unspecified atom stereocenters. The fraction of sp³-hybridized carbons (Fsp3) is 0.222. The predicted molar refractivity (Wildman–Crippen MR) is 300 cm³/mol. The Labute approximate surface area is 484 Å². The van der Waals surface area contributed by atoms with Crippen LogP contribution in [-0.2, 0) is 60.7 Å².